The van der Waals surface area contributed by atoms with Gasteiger partial charge >= 0.3 is 6.03 Å². The highest BCUT2D eigenvalue weighted by atomic mass is 19.1. The number of carbonyl (C=O) groups excluding carboxylic acids is 1. The fraction of sp³-hybridized carbons (Fsp3) is 0.214. The SMILES string of the molecule is CC(C)NC(=O)Nc1ccc(Nc2ccccc2F)nn1. The first kappa shape index (κ1) is 14.7. The minimum atomic E-state index is -0.377. The molecule has 1 aromatic heterocycles. The van der Waals surface area contributed by atoms with Crippen LogP contribution in [0.2, 0.25) is 0 Å². The van der Waals surface area contributed by atoms with Crippen LogP contribution in [0.3, 0.4) is 0 Å². The van der Waals surface area contributed by atoms with Gasteiger partial charge in [0.25, 0.3) is 0 Å². The van der Waals surface area contributed by atoms with Gasteiger partial charge in [-0.1, -0.05) is 12.1 Å². The molecule has 1 heterocycles. The second kappa shape index (κ2) is 6.65. The number of hydrogen-bond acceptors (Lipinski definition) is 4. The Hall–Kier alpha value is -2.70. The maximum atomic E-state index is 13.5. The summed E-state index contributed by atoms with van der Waals surface area (Å²) >= 11 is 0. The van der Waals surface area contributed by atoms with Crippen LogP contribution in [0.1, 0.15) is 13.8 Å². The van der Waals surface area contributed by atoms with Gasteiger partial charge in [-0.15, -0.1) is 10.2 Å². The molecule has 0 bridgehead atoms. The van der Waals surface area contributed by atoms with Crippen molar-refractivity contribution in [2.75, 3.05) is 10.6 Å². The predicted octanol–water partition coefficient (Wildman–Crippen LogP) is 2.89. The molecule has 0 aliphatic heterocycles. The molecule has 0 spiro atoms. The molecular formula is C14H16FN5O. The van der Waals surface area contributed by atoms with E-state index < -0.39 is 0 Å². The van der Waals surface area contributed by atoms with E-state index in [4.69, 9.17) is 0 Å². The number of nitrogens with zero attached hydrogens (tertiary/aromatic N) is 2. The lowest BCUT2D eigenvalue weighted by molar-refractivity contribution is 0.250. The molecule has 3 N–H and O–H groups in total. The fourth-order valence-corrected chi connectivity index (χ4v) is 1.58. The molecule has 0 atom stereocenters. The van der Waals surface area contributed by atoms with E-state index in [0.29, 0.717) is 17.3 Å². The molecule has 0 unspecified atom stereocenters. The molecule has 110 valence electrons. The number of anilines is 3. The lowest BCUT2D eigenvalue weighted by Crippen LogP contribution is -2.34. The van der Waals surface area contributed by atoms with Gasteiger partial charge in [-0.3, -0.25) is 5.32 Å². The lowest BCUT2D eigenvalue weighted by Gasteiger charge is -2.10. The number of para-hydroxylation sites is 1. The van der Waals surface area contributed by atoms with Gasteiger partial charge in [0.2, 0.25) is 0 Å². The van der Waals surface area contributed by atoms with Crippen molar-refractivity contribution in [3.8, 4) is 0 Å². The van der Waals surface area contributed by atoms with Crippen molar-refractivity contribution in [1.82, 2.24) is 15.5 Å². The third-order valence-corrected chi connectivity index (χ3v) is 2.46. The monoisotopic (exact) mass is 289 g/mol. The van der Waals surface area contributed by atoms with Crippen molar-refractivity contribution in [2.24, 2.45) is 0 Å². The average Bonchev–Trinajstić information content (AvgIpc) is 2.42. The van der Waals surface area contributed by atoms with Crippen LogP contribution < -0.4 is 16.0 Å². The molecule has 0 aliphatic rings. The number of amides is 2. The van der Waals surface area contributed by atoms with Crippen molar-refractivity contribution >= 4 is 23.4 Å². The molecule has 2 amide bonds. The Morgan fingerprint density at radius 2 is 1.76 bits per heavy atom. The Bertz CT molecular complexity index is 615. The van der Waals surface area contributed by atoms with Gasteiger partial charge in [0, 0.05) is 6.04 Å². The summed E-state index contributed by atoms with van der Waals surface area (Å²) in [6, 6.07) is 9.12. The van der Waals surface area contributed by atoms with Crippen LogP contribution in [-0.4, -0.2) is 22.3 Å². The first-order chi connectivity index (χ1) is 10.0. The van der Waals surface area contributed by atoms with Crippen molar-refractivity contribution in [1.29, 1.82) is 0 Å². The van der Waals surface area contributed by atoms with Gasteiger partial charge in [-0.05, 0) is 38.1 Å². The number of nitrogens with one attached hydrogen (secondary N) is 3. The van der Waals surface area contributed by atoms with Crippen molar-refractivity contribution < 1.29 is 9.18 Å². The summed E-state index contributed by atoms with van der Waals surface area (Å²) in [6.07, 6.45) is 0. The molecule has 0 saturated heterocycles. The Labute approximate surface area is 121 Å². The third kappa shape index (κ3) is 4.41. The van der Waals surface area contributed by atoms with E-state index >= 15 is 0 Å². The first-order valence-corrected chi connectivity index (χ1v) is 6.47. The normalized spacial score (nSPS) is 10.3. The maximum Gasteiger partial charge on any atom is 0.320 e. The Morgan fingerprint density at radius 3 is 2.38 bits per heavy atom. The highest BCUT2D eigenvalue weighted by Gasteiger charge is 2.06. The second-order valence-corrected chi connectivity index (χ2v) is 4.66. The van der Waals surface area contributed by atoms with E-state index in [2.05, 4.69) is 26.1 Å². The minimum Gasteiger partial charge on any atom is -0.336 e. The molecule has 1 aromatic carbocycles. The zero-order chi connectivity index (χ0) is 15.2. The number of benzene rings is 1. The Kier molecular flexibility index (Phi) is 4.65. The molecular weight excluding hydrogens is 273 g/mol. The van der Waals surface area contributed by atoms with Gasteiger partial charge in [-0.25, -0.2) is 9.18 Å². The molecule has 0 saturated carbocycles. The fourth-order valence-electron chi connectivity index (χ4n) is 1.58. The smallest absolute Gasteiger partial charge is 0.320 e. The van der Waals surface area contributed by atoms with E-state index in [9.17, 15) is 9.18 Å². The molecule has 0 fully saturated rings. The molecule has 0 radical (unpaired) electrons. The average molecular weight is 289 g/mol. The highest BCUT2D eigenvalue weighted by Crippen LogP contribution is 2.17. The molecule has 21 heavy (non-hydrogen) atoms. The van der Waals surface area contributed by atoms with Crippen molar-refractivity contribution in [2.45, 2.75) is 19.9 Å². The Morgan fingerprint density at radius 1 is 1.10 bits per heavy atom. The summed E-state index contributed by atoms with van der Waals surface area (Å²) in [6.45, 7) is 3.71. The zero-order valence-corrected chi connectivity index (χ0v) is 11.7. The third-order valence-electron chi connectivity index (χ3n) is 2.46. The zero-order valence-electron chi connectivity index (χ0n) is 11.7. The van der Waals surface area contributed by atoms with E-state index in [1.807, 2.05) is 13.8 Å². The number of urea groups is 1. The standard InChI is InChI=1S/C14H16FN5O/c1-9(2)16-14(21)18-13-8-7-12(19-20-13)17-11-6-4-3-5-10(11)15/h3-9H,1-2H3,(H,17,19)(H2,16,18,20,21). The van der Waals surface area contributed by atoms with Crippen LogP contribution in [0.25, 0.3) is 0 Å². The predicted molar refractivity (Wildman–Crippen MR) is 79.0 cm³/mol. The number of carbonyl (C=O) groups is 1. The number of aromatic nitrogens is 2. The summed E-state index contributed by atoms with van der Waals surface area (Å²) < 4.78 is 13.5. The number of hydrogen-bond donors (Lipinski definition) is 3. The van der Waals surface area contributed by atoms with Crippen molar-refractivity contribution in [3.63, 3.8) is 0 Å². The van der Waals surface area contributed by atoms with E-state index in [1.165, 1.54) is 6.07 Å². The summed E-state index contributed by atoms with van der Waals surface area (Å²) in [4.78, 5) is 11.5. The summed E-state index contributed by atoms with van der Waals surface area (Å²) in [5, 5.41) is 15.8. The van der Waals surface area contributed by atoms with Crippen LogP contribution in [0.5, 0.6) is 0 Å². The van der Waals surface area contributed by atoms with Gasteiger partial charge in [0.05, 0.1) is 5.69 Å². The number of rotatable bonds is 4. The molecule has 7 heteroatoms. The highest BCUT2D eigenvalue weighted by molar-refractivity contribution is 5.88. The largest absolute Gasteiger partial charge is 0.336 e. The van der Waals surface area contributed by atoms with Gasteiger partial charge < -0.3 is 10.6 Å². The molecule has 0 aliphatic carbocycles. The topological polar surface area (TPSA) is 78.9 Å². The molecule has 2 aromatic rings. The van der Waals surface area contributed by atoms with Crippen LogP contribution in [0.15, 0.2) is 36.4 Å². The van der Waals surface area contributed by atoms with Crippen molar-refractivity contribution in [3.05, 3.63) is 42.2 Å². The maximum absolute atomic E-state index is 13.5. The van der Waals surface area contributed by atoms with E-state index in [0.717, 1.165) is 0 Å². The second-order valence-electron chi connectivity index (χ2n) is 4.66. The number of halogens is 1. The van der Waals surface area contributed by atoms with Crippen LogP contribution in [0.4, 0.5) is 26.5 Å². The van der Waals surface area contributed by atoms with E-state index in [1.54, 1.807) is 30.3 Å². The van der Waals surface area contributed by atoms with Gasteiger partial charge in [0.15, 0.2) is 11.6 Å². The summed E-state index contributed by atoms with van der Waals surface area (Å²) in [7, 11) is 0. The van der Waals surface area contributed by atoms with Crippen LogP contribution in [-0.2, 0) is 0 Å². The van der Waals surface area contributed by atoms with Gasteiger partial charge in [-0.2, -0.15) is 0 Å². The Balaban J connectivity index is 1.99. The van der Waals surface area contributed by atoms with Crippen LogP contribution in [0, 0.1) is 5.82 Å². The quantitative estimate of drug-likeness (QED) is 0.808. The molecule has 6 nitrogen and oxygen atoms in total. The van der Waals surface area contributed by atoms with Gasteiger partial charge in [0.1, 0.15) is 5.82 Å². The summed E-state index contributed by atoms with van der Waals surface area (Å²) in [5.74, 6) is 0.319. The minimum absolute atomic E-state index is 0.0277. The lowest BCUT2D eigenvalue weighted by atomic mass is 10.3. The first-order valence-electron chi connectivity index (χ1n) is 6.47. The van der Waals surface area contributed by atoms with E-state index in [-0.39, 0.29) is 17.9 Å². The summed E-state index contributed by atoms with van der Waals surface area (Å²) in [5.41, 5.74) is 0.310. The van der Waals surface area contributed by atoms with Crippen LogP contribution >= 0.6 is 0 Å². The molecule has 2 rings (SSSR count).